The fourth-order valence-electron chi connectivity index (χ4n) is 1.25. The van der Waals surface area contributed by atoms with Gasteiger partial charge in [-0.2, -0.15) is 0 Å². The normalized spacial score (nSPS) is 29.7. The van der Waals surface area contributed by atoms with Crippen LogP contribution in [0.3, 0.4) is 0 Å². The van der Waals surface area contributed by atoms with Crippen molar-refractivity contribution in [1.82, 2.24) is 5.32 Å². The summed E-state index contributed by atoms with van der Waals surface area (Å²) in [5.74, 6) is 0.347. The van der Waals surface area contributed by atoms with Crippen LogP contribution in [0.2, 0.25) is 0 Å². The third-order valence-electron chi connectivity index (χ3n) is 1.91. The van der Waals surface area contributed by atoms with Gasteiger partial charge in [-0.3, -0.25) is 4.39 Å². The molecule has 0 bridgehead atoms. The molecule has 0 aromatic rings. The van der Waals surface area contributed by atoms with Crippen LogP contribution < -0.4 is 5.32 Å². The standard InChI is InChI=1S/C7H14FN/c8-6-7-2-1-4-9-5-3-7/h7,9H,1-6H2. The highest BCUT2D eigenvalue weighted by Crippen LogP contribution is 2.12. The molecule has 1 rings (SSSR count). The Labute approximate surface area is 55.6 Å². The van der Waals surface area contributed by atoms with Crippen molar-refractivity contribution in [3.63, 3.8) is 0 Å². The van der Waals surface area contributed by atoms with Gasteiger partial charge in [0.05, 0.1) is 6.67 Å². The van der Waals surface area contributed by atoms with Gasteiger partial charge in [0.25, 0.3) is 0 Å². The molecule has 1 aliphatic rings. The lowest BCUT2D eigenvalue weighted by molar-refractivity contribution is 0.337. The minimum absolute atomic E-state index is 0.123. The van der Waals surface area contributed by atoms with Gasteiger partial charge in [-0.25, -0.2) is 0 Å². The second-order valence-electron chi connectivity index (χ2n) is 2.70. The summed E-state index contributed by atoms with van der Waals surface area (Å²) in [7, 11) is 0. The highest BCUT2D eigenvalue weighted by molar-refractivity contribution is 4.65. The molecule has 54 valence electrons. The fraction of sp³-hybridized carbons (Fsp3) is 1.00. The highest BCUT2D eigenvalue weighted by Gasteiger charge is 2.09. The van der Waals surface area contributed by atoms with Crippen molar-refractivity contribution in [2.24, 2.45) is 5.92 Å². The molecule has 0 spiro atoms. The predicted octanol–water partition coefficient (Wildman–Crippen LogP) is 1.35. The van der Waals surface area contributed by atoms with Gasteiger partial charge in [0, 0.05) is 0 Å². The van der Waals surface area contributed by atoms with Crippen LogP contribution in [0.25, 0.3) is 0 Å². The van der Waals surface area contributed by atoms with Crippen LogP contribution in [0.1, 0.15) is 19.3 Å². The van der Waals surface area contributed by atoms with E-state index < -0.39 is 0 Å². The first-order valence-electron chi connectivity index (χ1n) is 3.70. The van der Waals surface area contributed by atoms with Crippen LogP contribution in [0.15, 0.2) is 0 Å². The summed E-state index contributed by atoms with van der Waals surface area (Å²) < 4.78 is 12.0. The van der Waals surface area contributed by atoms with Crippen LogP contribution in [-0.4, -0.2) is 19.8 Å². The van der Waals surface area contributed by atoms with E-state index in [1.165, 1.54) is 0 Å². The van der Waals surface area contributed by atoms with Crippen LogP contribution in [-0.2, 0) is 0 Å². The highest BCUT2D eigenvalue weighted by atomic mass is 19.1. The van der Waals surface area contributed by atoms with Crippen LogP contribution >= 0.6 is 0 Å². The third-order valence-corrected chi connectivity index (χ3v) is 1.91. The fourth-order valence-corrected chi connectivity index (χ4v) is 1.25. The van der Waals surface area contributed by atoms with Gasteiger partial charge in [-0.05, 0) is 38.3 Å². The summed E-state index contributed by atoms with van der Waals surface area (Å²) in [6.07, 6.45) is 3.24. The number of alkyl halides is 1. The monoisotopic (exact) mass is 131 g/mol. The predicted molar refractivity (Wildman–Crippen MR) is 36.2 cm³/mol. The molecule has 0 aromatic carbocycles. The smallest absolute Gasteiger partial charge is 0.0923 e. The minimum Gasteiger partial charge on any atom is -0.317 e. The Bertz CT molecular complexity index is 67.3. The SMILES string of the molecule is FCC1CCCNCC1. The van der Waals surface area contributed by atoms with E-state index in [0.717, 1.165) is 32.4 Å². The molecule has 0 aromatic heterocycles. The van der Waals surface area contributed by atoms with Gasteiger partial charge in [-0.15, -0.1) is 0 Å². The first kappa shape index (κ1) is 7.00. The first-order valence-corrected chi connectivity index (χ1v) is 3.70. The maximum atomic E-state index is 12.0. The van der Waals surface area contributed by atoms with Crippen LogP contribution in [0.5, 0.6) is 0 Å². The average Bonchev–Trinajstić information content (AvgIpc) is 2.13. The van der Waals surface area contributed by atoms with Crippen molar-refractivity contribution < 1.29 is 4.39 Å². The van der Waals surface area contributed by atoms with Gasteiger partial charge in [0.2, 0.25) is 0 Å². The zero-order valence-electron chi connectivity index (χ0n) is 5.70. The zero-order chi connectivity index (χ0) is 6.53. The summed E-state index contributed by atoms with van der Waals surface area (Å²) in [5, 5.41) is 3.24. The molecular weight excluding hydrogens is 117 g/mol. The van der Waals surface area contributed by atoms with Crippen molar-refractivity contribution in [1.29, 1.82) is 0 Å². The summed E-state index contributed by atoms with van der Waals surface area (Å²) in [6, 6.07) is 0. The van der Waals surface area contributed by atoms with E-state index >= 15 is 0 Å². The lowest BCUT2D eigenvalue weighted by Crippen LogP contribution is -2.14. The Morgan fingerprint density at radius 3 is 3.00 bits per heavy atom. The maximum absolute atomic E-state index is 12.0. The Balaban J connectivity index is 2.18. The molecule has 1 atom stereocenters. The molecule has 1 nitrogen and oxygen atoms in total. The number of rotatable bonds is 1. The molecular formula is C7H14FN. The van der Waals surface area contributed by atoms with Gasteiger partial charge in [-0.1, -0.05) is 0 Å². The van der Waals surface area contributed by atoms with Crippen molar-refractivity contribution in [3.8, 4) is 0 Å². The van der Waals surface area contributed by atoms with Crippen molar-refractivity contribution in [2.75, 3.05) is 19.8 Å². The van der Waals surface area contributed by atoms with E-state index in [2.05, 4.69) is 5.32 Å². The molecule has 1 aliphatic heterocycles. The minimum atomic E-state index is -0.123. The number of hydrogen-bond acceptors (Lipinski definition) is 1. The number of hydrogen-bond donors (Lipinski definition) is 1. The molecule has 1 heterocycles. The van der Waals surface area contributed by atoms with E-state index in [9.17, 15) is 4.39 Å². The molecule has 1 unspecified atom stereocenters. The van der Waals surface area contributed by atoms with E-state index in [1.54, 1.807) is 0 Å². The van der Waals surface area contributed by atoms with E-state index in [1.807, 2.05) is 0 Å². The molecule has 1 saturated heterocycles. The topological polar surface area (TPSA) is 12.0 Å². The quantitative estimate of drug-likeness (QED) is 0.566. The van der Waals surface area contributed by atoms with Crippen LogP contribution in [0, 0.1) is 5.92 Å². The van der Waals surface area contributed by atoms with Gasteiger partial charge < -0.3 is 5.32 Å². The third kappa shape index (κ3) is 2.31. The molecule has 9 heavy (non-hydrogen) atoms. The molecule has 2 heteroatoms. The molecule has 0 radical (unpaired) electrons. The average molecular weight is 131 g/mol. The number of nitrogens with one attached hydrogen (secondary N) is 1. The van der Waals surface area contributed by atoms with Gasteiger partial charge in [0.15, 0.2) is 0 Å². The summed E-state index contributed by atoms with van der Waals surface area (Å²) in [5.41, 5.74) is 0. The summed E-state index contributed by atoms with van der Waals surface area (Å²) in [6.45, 7) is 1.97. The summed E-state index contributed by atoms with van der Waals surface area (Å²) in [4.78, 5) is 0. The molecule has 0 amide bonds. The van der Waals surface area contributed by atoms with E-state index in [-0.39, 0.29) is 6.67 Å². The summed E-state index contributed by atoms with van der Waals surface area (Å²) >= 11 is 0. The molecule has 1 N–H and O–H groups in total. The van der Waals surface area contributed by atoms with Gasteiger partial charge >= 0.3 is 0 Å². The van der Waals surface area contributed by atoms with E-state index in [4.69, 9.17) is 0 Å². The maximum Gasteiger partial charge on any atom is 0.0923 e. The lowest BCUT2D eigenvalue weighted by Gasteiger charge is -2.05. The van der Waals surface area contributed by atoms with Crippen molar-refractivity contribution in [2.45, 2.75) is 19.3 Å². The Morgan fingerprint density at radius 2 is 2.22 bits per heavy atom. The van der Waals surface area contributed by atoms with Crippen molar-refractivity contribution in [3.05, 3.63) is 0 Å². The second kappa shape index (κ2) is 3.83. The lowest BCUT2D eigenvalue weighted by atomic mass is 10.0. The first-order chi connectivity index (χ1) is 4.43. The van der Waals surface area contributed by atoms with Crippen LogP contribution in [0.4, 0.5) is 4.39 Å². The second-order valence-corrected chi connectivity index (χ2v) is 2.70. The molecule has 0 saturated carbocycles. The van der Waals surface area contributed by atoms with Gasteiger partial charge in [0.1, 0.15) is 0 Å². The van der Waals surface area contributed by atoms with E-state index in [0.29, 0.717) is 5.92 Å². The zero-order valence-corrected chi connectivity index (χ0v) is 5.70. The molecule has 0 aliphatic carbocycles. The Morgan fingerprint density at radius 1 is 1.33 bits per heavy atom. The largest absolute Gasteiger partial charge is 0.317 e. The Hall–Kier alpha value is -0.110. The number of halogens is 1. The van der Waals surface area contributed by atoms with Crippen molar-refractivity contribution >= 4 is 0 Å². The Kier molecular flexibility index (Phi) is 2.98. The molecule has 1 fully saturated rings.